The molecule has 0 saturated heterocycles. The first-order valence-corrected chi connectivity index (χ1v) is 8.25. The third-order valence-electron chi connectivity index (χ3n) is 3.28. The van der Waals surface area contributed by atoms with Crippen LogP contribution in [0.25, 0.3) is 0 Å². The molecule has 0 aliphatic rings. The Morgan fingerprint density at radius 3 is 2.71 bits per heavy atom. The summed E-state index contributed by atoms with van der Waals surface area (Å²) < 4.78 is 18.5. The van der Waals surface area contributed by atoms with Gasteiger partial charge in [0, 0.05) is 16.7 Å². The normalized spacial score (nSPS) is 11.8. The van der Waals surface area contributed by atoms with Gasteiger partial charge in [0.1, 0.15) is 0 Å². The van der Waals surface area contributed by atoms with Crippen molar-refractivity contribution in [2.75, 3.05) is 7.11 Å². The molecule has 0 aliphatic heterocycles. The lowest BCUT2D eigenvalue weighted by atomic mass is 10.1. The molecule has 24 heavy (non-hydrogen) atoms. The highest BCUT2D eigenvalue weighted by Crippen LogP contribution is 2.23. The summed E-state index contributed by atoms with van der Waals surface area (Å²) in [6.07, 6.45) is 0.561. The predicted octanol–water partition coefficient (Wildman–Crippen LogP) is 3.42. The van der Waals surface area contributed by atoms with E-state index < -0.39 is 23.7 Å². The van der Waals surface area contributed by atoms with E-state index in [1.54, 1.807) is 11.4 Å². The molecule has 0 saturated carbocycles. The van der Waals surface area contributed by atoms with Crippen molar-refractivity contribution in [1.29, 1.82) is 0 Å². The molecule has 2 aromatic rings. The van der Waals surface area contributed by atoms with Crippen molar-refractivity contribution in [2.45, 2.75) is 18.9 Å². The summed E-state index contributed by atoms with van der Waals surface area (Å²) >= 11 is 7.23. The zero-order chi connectivity index (χ0) is 17.7. The number of hydrogen-bond donors (Lipinski definition) is 2. The Hall–Kier alpha value is -2.12. The van der Waals surface area contributed by atoms with Gasteiger partial charge in [-0.15, -0.1) is 11.3 Å². The van der Waals surface area contributed by atoms with Crippen LogP contribution >= 0.6 is 22.9 Å². The third kappa shape index (κ3) is 4.69. The van der Waals surface area contributed by atoms with Gasteiger partial charge in [-0.1, -0.05) is 17.7 Å². The van der Waals surface area contributed by atoms with E-state index >= 15 is 0 Å². The average molecular weight is 372 g/mol. The van der Waals surface area contributed by atoms with Gasteiger partial charge >= 0.3 is 5.97 Å². The minimum atomic E-state index is -1.33. The highest BCUT2D eigenvalue weighted by Gasteiger charge is 2.23. The molecule has 1 unspecified atom stereocenters. The molecule has 8 heteroatoms. The summed E-state index contributed by atoms with van der Waals surface area (Å²) in [6, 6.07) is 4.19. The Balaban J connectivity index is 2.03. The standard InChI is InChI=1S/C16H15ClFNO4S/c1-23-13-4-2-9(6-12(13)18)15(16(21)22)19-14(20)5-3-11-7-10(17)8-24-11/h2,4,6-8,15H,3,5H2,1H3,(H,19,20)(H,21,22). The van der Waals surface area contributed by atoms with Crippen LogP contribution in [0, 0.1) is 5.82 Å². The second-order valence-corrected chi connectivity index (χ2v) is 6.40. The van der Waals surface area contributed by atoms with E-state index in [4.69, 9.17) is 16.3 Å². The minimum absolute atomic E-state index is 0.00351. The van der Waals surface area contributed by atoms with E-state index in [2.05, 4.69) is 5.32 Å². The number of hydrogen-bond acceptors (Lipinski definition) is 4. The van der Waals surface area contributed by atoms with Gasteiger partial charge in [0.15, 0.2) is 17.6 Å². The predicted molar refractivity (Wildman–Crippen MR) is 89.1 cm³/mol. The number of thiophene rings is 1. The number of carboxylic acid groups (broad SMARTS) is 1. The number of carbonyl (C=O) groups is 2. The number of ether oxygens (including phenoxy) is 1. The fourth-order valence-electron chi connectivity index (χ4n) is 2.10. The zero-order valence-electron chi connectivity index (χ0n) is 12.7. The molecule has 1 heterocycles. The van der Waals surface area contributed by atoms with Crippen LogP contribution in [0.2, 0.25) is 5.02 Å². The number of aliphatic carboxylic acids is 1. The van der Waals surface area contributed by atoms with Crippen molar-refractivity contribution >= 4 is 34.8 Å². The van der Waals surface area contributed by atoms with Crippen molar-refractivity contribution in [2.24, 2.45) is 0 Å². The molecule has 1 aromatic heterocycles. The first-order valence-electron chi connectivity index (χ1n) is 6.99. The van der Waals surface area contributed by atoms with Crippen LogP contribution in [0.15, 0.2) is 29.6 Å². The molecule has 128 valence electrons. The molecule has 2 rings (SSSR count). The summed E-state index contributed by atoms with van der Waals surface area (Å²) in [5, 5.41) is 14.1. The van der Waals surface area contributed by atoms with Gasteiger partial charge in [-0.05, 0) is 30.2 Å². The fourth-order valence-corrected chi connectivity index (χ4v) is 3.18. The van der Waals surface area contributed by atoms with Crippen molar-refractivity contribution in [3.63, 3.8) is 0 Å². The van der Waals surface area contributed by atoms with Gasteiger partial charge < -0.3 is 15.2 Å². The smallest absolute Gasteiger partial charge is 0.330 e. The van der Waals surface area contributed by atoms with E-state index in [1.807, 2.05) is 0 Å². The number of rotatable bonds is 7. The van der Waals surface area contributed by atoms with E-state index in [-0.39, 0.29) is 17.7 Å². The second kappa shape index (κ2) is 8.12. The summed E-state index contributed by atoms with van der Waals surface area (Å²) in [7, 11) is 1.31. The third-order valence-corrected chi connectivity index (χ3v) is 4.63. The second-order valence-electron chi connectivity index (χ2n) is 4.96. The molecule has 0 fully saturated rings. The number of halogens is 2. The van der Waals surface area contributed by atoms with Crippen molar-refractivity contribution < 1.29 is 23.8 Å². The Morgan fingerprint density at radius 1 is 1.42 bits per heavy atom. The number of carboxylic acids is 1. The van der Waals surface area contributed by atoms with Crippen LogP contribution in [-0.2, 0) is 16.0 Å². The first-order chi connectivity index (χ1) is 11.4. The molecule has 0 bridgehead atoms. The van der Waals surface area contributed by atoms with Crippen molar-refractivity contribution in [1.82, 2.24) is 5.32 Å². The number of carbonyl (C=O) groups excluding carboxylic acids is 1. The van der Waals surface area contributed by atoms with E-state index in [0.29, 0.717) is 11.4 Å². The lowest BCUT2D eigenvalue weighted by Gasteiger charge is -2.15. The lowest BCUT2D eigenvalue weighted by Crippen LogP contribution is -2.33. The molecule has 2 N–H and O–H groups in total. The van der Waals surface area contributed by atoms with Gasteiger partial charge in [-0.3, -0.25) is 4.79 Å². The molecular formula is C16H15ClFNO4S. The number of benzene rings is 1. The summed E-state index contributed by atoms with van der Waals surface area (Å²) in [5.74, 6) is -2.40. The lowest BCUT2D eigenvalue weighted by molar-refractivity contribution is -0.142. The monoisotopic (exact) mass is 371 g/mol. The van der Waals surface area contributed by atoms with E-state index in [1.165, 1.54) is 30.6 Å². The Bertz CT molecular complexity index is 749. The molecule has 1 aromatic carbocycles. The Morgan fingerprint density at radius 2 is 2.17 bits per heavy atom. The van der Waals surface area contributed by atoms with Crippen LogP contribution in [0.3, 0.4) is 0 Å². The average Bonchev–Trinajstić information content (AvgIpc) is 2.95. The van der Waals surface area contributed by atoms with Crippen LogP contribution in [0.1, 0.15) is 22.9 Å². The molecule has 0 spiro atoms. The molecule has 1 atom stereocenters. The maximum Gasteiger partial charge on any atom is 0.330 e. The largest absolute Gasteiger partial charge is 0.494 e. The van der Waals surface area contributed by atoms with Crippen LogP contribution in [-0.4, -0.2) is 24.1 Å². The van der Waals surface area contributed by atoms with Crippen molar-refractivity contribution in [3.05, 3.63) is 50.9 Å². The fraction of sp³-hybridized carbons (Fsp3) is 0.250. The van der Waals surface area contributed by atoms with Crippen LogP contribution in [0.4, 0.5) is 4.39 Å². The number of nitrogens with one attached hydrogen (secondary N) is 1. The topological polar surface area (TPSA) is 75.6 Å². The van der Waals surface area contributed by atoms with Gasteiger partial charge in [0.25, 0.3) is 0 Å². The highest BCUT2D eigenvalue weighted by molar-refractivity contribution is 7.10. The zero-order valence-corrected chi connectivity index (χ0v) is 14.3. The summed E-state index contributed by atoms with van der Waals surface area (Å²) in [6.45, 7) is 0. The van der Waals surface area contributed by atoms with Gasteiger partial charge in [-0.25, -0.2) is 9.18 Å². The van der Waals surface area contributed by atoms with Gasteiger partial charge in [0.05, 0.1) is 12.1 Å². The number of aryl methyl sites for hydroxylation is 1. The maximum atomic E-state index is 13.7. The van der Waals surface area contributed by atoms with Crippen molar-refractivity contribution in [3.8, 4) is 5.75 Å². The maximum absolute atomic E-state index is 13.7. The van der Waals surface area contributed by atoms with E-state index in [9.17, 15) is 19.1 Å². The molecule has 5 nitrogen and oxygen atoms in total. The van der Waals surface area contributed by atoms with E-state index in [0.717, 1.165) is 10.9 Å². The molecular weight excluding hydrogens is 357 g/mol. The van der Waals surface area contributed by atoms with Crippen LogP contribution < -0.4 is 10.1 Å². The Labute approximate surface area is 147 Å². The highest BCUT2D eigenvalue weighted by atomic mass is 35.5. The molecule has 1 amide bonds. The van der Waals surface area contributed by atoms with Gasteiger partial charge in [0.2, 0.25) is 5.91 Å². The minimum Gasteiger partial charge on any atom is -0.494 e. The molecule has 0 radical (unpaired) electrons. The molecule has 0 aliphatic carbocycles. The first kappa shape index (κ1) is 18.2. The summed E-state index contributed by atoms with van der Waals surface area (Å²) in [5.41, 5.74) is 0.133. The number of methoxy groups -OCH3 is 1. The Kier molecular flexibility index (Phi) is 6.16. The summed E-state index contributed by atoms with van der Waals surface area (Å²) in [4.78, 5) is 24.3. The number of amides is 1. The van der Waals surface area contributed by atoms with Crippen LogP contribution in [0.5, 0.6) is 5.75 Å². The quantitative estimate of drug-likeness (QED) is 0.782. The SMILES string of the molecule is COc1ccc(C(NC(=O)CCc2cc(Cl)cs2)C(=O)O)cc1F. The van der Waals surface area contributed by atoms with Gasteiger partial charge in [-0.2, -0.15) is 0 Å².